The van der Waals surface area contributed by atoms with Gasteiger partial charge in [0.15, 0.2) is 0 Å². The largest absolute Gasteiger partial charge is 0.490 e. The monoisotopic (exact) mass is 206 g/mol. The van der Waals surface area contributed by atoms with E-state index < -0.39 is 0 Å². The number of hydrogen-bond acceptors (Lipinski definition) is 2. The van der Waals surface area contributed by atoms with Crippen molar-refractivity contribution in [2.45, 2.75) is 32.8 Å². The van der Waals surface area contributed by atoms with Gasteiger partial charge in [-0.1, -0.05) is 25.1 Å². The third kappa shape index (κ3) is 3.62. The van der Waals surface area contributed by atoms with Crippen molar-refractivity contribution in [2.75, 3.05) is 0 Å². The molecule has 0 bridgehead atoms. The highest BCUT2D eigenvalue weighted by molar-refractivity contribution is 5.77. The first-order chi connectivity index (χ1) is 7.13. The lowest BCUT2D eigenvalue weighted by Crippen LogP contribution is -2.22. The third-order valence-corrected chi connectivity index (χ3v) is 2.19. The van der Waals surface area contributed by atoms with Crippen molar-refractivity contribution in [3.8, 4) is 5.75 Å². The van der Waals surface area contributed by atoms with Gasteiger partial charge in [-0.25, -0.2) is 0 Å². The summed E-state index contributed by atoms with van der Waals surface area (Å²) >= 11 is 0. The molecule has 1 aromatic rings. The van der Waals surface area contributed by atoms with Crippen molar-refractivity contribution in [3.05, 3.63) is 29.8 Å². The van der Waals surface area contributed by atoms with Gasteiger partial charge in [0.25, 0.3) is 0 Å². The lowest BCUT2D eigenvalue weighted by molar-refractivity contribution is 0.227. The number of rotatable bonds is 5. The van der Waals surface area contributed by atoms with Crippen LogP contribution in [-0.2, 0) is 6.42 Å². The fourth-order valence-corrected chi connectivity index (χ4v) is 1.48. The molecule has 0 fully saturated rings. The lowest BCUT2D eigenvalue weighted by atomic mass is 10.1. The van der Waals surface area contributed by atoms with Crippen LogP contribution in [-0.4, -0.2) is 11.9 Å². The maximum atomic E-state index is 7.19. The summed E-state index contributed by atoms with van der Waals surface area (Å²) in [6.07, 6.45) is 1.37. The number of para-hydroxylation sites is 1. The van der Waals surface area contributed by atoms with Gasteiger partial charge in [-0.15, -0.1) is 0 Å². The van der Waals surface area contributed by atoms with Crippen LogP contribution in [0.1, 0.15) is 25.8 Å². The number of nitrogens with one attached hydrogen (secondary N) is 1. The van der Waals surface area contributed by atoms with E-state index in [4.69, 9.17) is 15.9 Å². The second-order valence-corrected chi connectivity index (χ2v) is 3.62. The predicted octanol–water partition coefficient (Wildman–Crippen LogP) is 2.34. The van der Waals surface area contributed by atoms with Gasteiger partial charge in [0.2, 0.25) is 0 Å². The van der Waals surface area contributed by atoms with E-state index in [-0.39, 0.29) is 11.9 Å². The Morgan fingerprint density at radius 2 is 2.13 bits per heavy atom. The van der Waals surface area contributed by atoms with E-state index >= 15 is 0 Å². The normalized spacial score (nSPS) is 12.1. The molecule has 3 nitrogen and oxygen atoms in total. The maximum absolute atomic E-state index is 7.19. The molecule has 0 amide bonds. The quantitative estimate of drug-likeness (QED) is 0.574. The highest BCUT2D eigenvalue weighted by atomic mass is 16.5. The van der Waals surface area contributed by atoms with E-state index in [2.05, 4.69) is 13.0 Å². The van der Waals surface area contributed by atoms with Crippen LogP contribution in [0.2, 0.25) is 0 Å². The van der Waals surface area contributed by atoms with Gasteiger partial charge in [0.1, 0.15) is 11.9 Å². The Kier molecular flexibility index (Phi) is 4.16. The number of benzene rings is 1. The number of aryl methyl sites for hydroxylation is 1. The average Bonchev–Trinajstić information content (AvgIpc) is 2.17. The molecule has 0 aliphatic carbocycles. The Morgan fingerprint density at radius 3 is 2.73 bits per heavy atom. The maximum Gasteiger partial charge on any atom is 0.122 e. The molecule has 0 aromatic heterocycles. The summed E-state index contributed by atoms with van der Waals surface area (Å²) in [4.78, 5) is 0. The molecule has 1 rings (SSSR count). The van der Waals surface area contributed by atoms with Gasteiger partial charge in [-0.3, -0.25) is 5.41 Å². The topological polar surface area (TPSA) is 59.1 Å². The first-order valence-corrected chi connectivity index (χ1v) is 5.21. The van der Waals surface area contributed by atoms with E-state index in [0.29, 0.717) is 6.42 Å². The second-order valence-electron chi connectivity index (χ2n) is 3.62. The molecule has 0 saturated carbocycles. The Balaban J connectivity index is 2.67. The van der Waals surface area contributed by atoms with E-state index in [0.717, 1.165) is 12.2 Å². The number of ether oxygens (including phenoxy) is 1. The predicted molar refractivity (Wildman–Crippen MR) is 62.4 cm³/mol. The molecular weight excluding hydrogens is 188 g/mol. The van der Waals surface area contributed by atoms with Crippen LogP contribution in [0.4, 0.5) is 0 Å². The van der Waals surface area contributed by atoms with Crippen LogP contribution in [0, 0.1) is 5.41 Å². The molecule has 1 unspecified atom stereocenters. The van der Waals surface area contributed by atoms with Crippen molar-refractivity contribution in [2.24, 2.45) is 5.73 Å². The summed E-state index contributed by atoms with van der Waals surface area (Å²) in [6, 6.07) is 7.96. The average molecular weight is 206 g/mol. The highest BCUT2D eigenvalue weighted by Crippen LogP contribution is 2.20. The number of amidine groups is 1. The van der Waals surface area contributed by atoms with Crippen molar-refractivity contribution in [3.63, 3.8) is 0 Å². The SMILES string of the molecule is CCc1ccccc1OC(C)CC(=N)N. The summed E-state index contributed by atoms with van der Waals surface area (Å²) in [7, 11) is 0. The molecule has 0 heterocycles. The lowest BCUT2D eigenvalue weighted by Gasteiger charge is -2.16. The third-order valence-electron chi connectivity index (χ3n) is 2.19. The number of nitrogens with two attached hydrogens (primary N) is 1. The first-order valence-electron chi connectivity index (χ1n) is 5.21. The first kappa shape index (κ1) is 11.6. The minimum atomic E-state index is -0.0461. The van der Waals surface area contributed by atoms with E-state index in [1.165, 1.54) is 5.56 Å². The van der Waals surface area contributed by atoms with Gasteiger partial charge in [-0.2, -0.15) is 0 Å². The van der Waals surface area contributed by atoms with Crippen molar-refractivity contribution in [1.29, 1.82) is 5.41 Å². The van der Waals surface area contributed by atoms with E-state index in [9.17, 15) is 0 Å². The van der Waals surface area contributed by atoms with Gasteiger partial charge in [0.05, 0.1) is 5.84 Å². The molecule has 1 aromatic carbocycles. The fourth-order valence-electron chi connectivity index (χ4n) is 1.48. The molecule has 0 aliphatic heterocycles. The van der Waals surface area contributed by atoms with E-state index in [1.807, 2.05) is 25.1 Å². The zero-order chi connectivity index (χ0) is 11.3. The molecule has 82 valence electrons. The zero-order valence-electron chi connectivity index (χ0n) is 9.29. The number of hydrogen-bond donors (Lipinski definition) is 2. The molecule has 15 heavy (non-hydrogen) atoms. The van der Waals surface area contributed by atoms with Crippen molar-refractivity contribution >= 4 is 5.84 Å². The Bertz CT molecular complexity index is 336. The summed E-state index contributed by atoms with van der Waals surface area (Å²) in [5, 5.41) is 7.19. The molecule has 0 aliphatic rings. The fraction of sp³-hybridized carbons (Fsp3) is 0.417. The molecule has 1 atom stereocenters. The van der Waals surface area contributed by atoms with Crippen LogP contribution < -0.4 is 10.5 Å². The molecule has 0 radical (unpaired) electrons. The summed E-state index contributed by atoms with van der Waals surface area (Å²) in [5.41, 5.74) is 6.51. The van der Waals surface area contributed by atoms with Crippen LogP contribution in [0.25, 0.3) is 0 Å². The summed E-state index contributed by atoms with van der Waals surface area (Å²) in [5.74, 6) is 1.06. The molecular formula is C12H18N2O. The van der Waals surface area contributed by atoms with Crippen LogP contribution in [0.15, 0.2) is 24.3 Å². The summed E-state index contributed by atoms with van der Waals surface area (Å²) in [6.45, 7) is 4.02. The highest BCUT2D eigenvalue weighted by Gasteiger charge is 2.07. The molecule has 0 spiro atoms. The van der Waals surface area contributed by atoms with Crippen LogP contribution >= 0.6 is 0 Å². The smallest absolute Gasteiger partial charge is 0.122 e. The van der Waals surface area contributed by atoms with Gasteiger partial charge >= 0.3 is 0 Å². The standard InChI is InChI=1S/C12H18N2O/c1-3-10-6-4-5-7-11(10)15-9(2)8-12(13)14/h4-7,9H,3,8H2,1-2H3,(H3,13,14). The van der Waals surface area contributed by atoms with Crippen LogP contribution in [0.5, 0.6) is 5.75 Å². The minimum absolute atomic E-state index is 0.0461. The van der Waals surface area contributed by atoms with Crippen LogP contribution in [0.3, 0.4) is 0 Å². The zero-order valence-corrected chi connectivity index (χ0v) is 9.29. The van der Waals surface area contributed by atoms with E-state index in [1.54, 1.807) is 0 Å². The van der Waals surface area contributed by atoms with Crippen molar-refractivity contribution in [1.82, 2.24) is 0 Å². The molecule has 0 saturated heterocycles. The minimum Gasteiger partial charge on any atom is -0.490 e. The second kappa shape index (κ2) is 5.39. The summed E-state index contributed by atoms with van der Waals surface area (Å²) < 4.78 is 5.73. The van der Waals surface area contributed by atoms with Gasteiger partial charge < -0.3 is 10.5 Å². The van der Waals surface area contributed by atoms with Gasteiger partial charge in [-0.05, 0) is 25.0 Å². The Hall–Kier alpha value is -1.51. The molecule has 3 heteroatoms. The Labute approximate surface area is 90.8 Å². The van der Waals surface area contributed by atoms with Crippen molar-refractivity contribution < 1.29 is 4.74 Å². The Morgan fingerprint density at radius 1 is 1.47 bits per heavy atom. The van der Waals surface area contributed by atoms with Gasteiger partial charge in [0, 0.05) is 6.42 Å². The molecule has 3 N–H and O–H groups in total.